The maximum atomic E-state index is 9.09. The van der Waals surface area contributed by atoms with Crippen molar-refractivity contribution in [1.82, 2.24) is 10.2 Å². The molecule has 0 atom stereocenters. The molecule has 1 N–H and O–H groups in total. The molecule has 0 saturated carbocycles. The molecule has 1 rings (SSSR count). The lowest BCUT2D eigenvalue weighted by Gasteiger charge is -2.08. The van der Waals surface area contributed by atoms with Crippen LogP contribution in [0.4, 0.5) is 5.82 Å². The van der Waals surface area contributed by atoms with E-state index in [9.17, 15) is 0 Å². The quantitative estimate of drug-likeness (QED) is 0.618. The van der Waals surface area contributed by atoms with E-state index in [1.807, 2.05) is 19.9 Å². The van der Waals surface area contributed by atoms with E-state index < -0.39 is 0 Å². The molecule has 0 aromatic carbocycles. The second-order valence-corrected chi connectivity index (χ2v) is 4.69. The summed E-state index contributed by atoms with van der Waals surface area (Å²) in [4.78, 5) is 0. The average molecular weight is 248 g/mol. The van der Waals surface area contributed by atoms with Crippen molar-refractivity contribution in [2.24, 2.45) is 0 Å². The van der Waals surface area contributed by atoms with Crippen molar-refractivity contribution in [1.29, 1.82) is 5.26 Å². The monoisotopic (exact) mass is 248 g/mol. The fourth-order valence-corrected chi connectivity index (χ4v) is 1.86. The number of thioether (sulfide) groups is 1. The molecule has 0 aliphatic carbocycles. The van der Waals surface area contributed by atoms with Crippen LogP contribution in [-0.4, -0.2) is 28.2 Å². The molecule has 4 nitrogen and oxygen atoms in total. The summed E-state index contributed by atoms with van der Waals surface area (Å²) in [5, 5.41) is 20.3. The zero-order chi connectivity index (χ0) is 12.7. The van der Waals surface area contributed by atoms with Gasteiger partial charge in [-0.05, 0) is 19.4 Å². The molecule has 0 aliphatic rings. The Labute approximate surface area is 106 Å². The number of aromatic nitrogens is 2. The maximum Gasteiger partial charge on any atom is 0.166 e. The number of hydrogen-bond acceptors (Lipinski definition) is 5. The van der Waals surface area contributed by atoms with Gasteiger partial charge < -0.3 is 5.32 Å². The van der Waals surface area contributed by atoms with Crippen LogP contribution in [0.2, 0.25) is 0 Å². The van der Waals surface area contributed by atoms with Gasteiger partial charge in [-0.3, -0.25) is 0 Å². The largest absolute Gasteiger partial charge is 0.367 e. The van der Waals surface area contributed by atoms with E-state index in [-0.39, 0.29) is 0 Å². The molecule has 0 spiro atoms. The van der Waals surface area contributed by atoms with Crippen molar-refractivity contribution in [3.63, 3.8) is 0 Å². The highest BCUT2D eigenvalue weighted by atomic mass is 32.2. The molecule has 5 heteroatoms. The molecule has 0 bridgehead atoms. The summed E-state index contributed by atoms with van der Waals surface area (Å²) in [6.45, 7) is 8.17. The standard InChI is InChI=1S/C12H16N4S/c1-4-6-17-7-5-14-12-11(8-13)9(2)10(3)15-16-12/h4H,1,5-7H2,2-3H3,(H,14,16). The fourth-order valence-electron chi connectivity index (χ4n) is 1.28. The average Bonchev–Trinajstić information content (AvgIpc) is 2.33. The normalized spacial score (nSPS) is 9.71. The SMILES string of the molecule is C=CCSCCNc1nnc(C)c(C)c1C#N. The third kappa shape index (κ3) is 3.75. The third-order valence-electron chi connectivity index (χ3n) is 2.34. The van der Waals surface area contributed by atoms with Gasteiger partial charge in [0.2, 0.25) is 0 Å². The van der Waals surface area contributed by atoms with E-state index in [1.165, 1.54) is 0 Å². The molecule has 1 aromatic rings. The van der Waals surface area contributed by atoms with Gasteiger partial charge in [-0.15, -0.1) is 11.7 Å². The molecule has 1 heterocycles. The lowest BCUT2D eigenvalue weighted by atomic mass is 10.1. The van der Waals surface area contributed by atoms with Gasteiger partial charge in [0, 0.05) is 18.1 Å². The Balaban J connectivity index is 2.63. The highest BCUT2D eigenvalue weighted by molar-refractivity contribution is 7.99. The Morgan fingerprint density at radius 2 is 2.24 bits per heavy atom. The highest BCUT2D eigenvalue weighted by Gasteiger charge is 2.09. The minimum absolute atomic E-state index is 0.579. The van der Waals surface area contributed by atoms with E-state index in [0.717, 1.165) is 29.3 Å². The number of anilines is 1. The number of aryl methyl sites for hydroxylation is 1. The summed E-state index contributed by atoms with van der Waals surface area (Å²) in [5.41, 5.74) is 2.28. The van der Waals surface area contributed by atoms with Crippen LogP contribution >= 0.6 is 11.8 Å². The Bertz CT molecular complexity index is 437. The molecule has 0 fully saturated rings. The molecular formula is C12H16N4S. The summed E-state index contributed by atoms with van der Waals surface area (Å²) in [6, 6.07) is 2.17. The van der Waals surface area contributed by atoms with Crippen molar-refractivity contribution in [2.75, 3.05) is 23.4 Å². The van der Waals surface area contributed by atoms with E-state index in [1.54, 1.807) is 11.8 Å². The molecule has 0 aliphatic heterocycles. The third-order valence-corrected chi connectivity index (χ3v) is 3.31. The van der Waals surface area contributed by atoms with Crippen LogP contribution < -0.4 is 5.32 Å². The molecule has 90 valence electrons. The van der Waals surface area contributed by atoms with E-state index >= 15 is 0 Å². The Morgan fingerprint density at radius 3 is 2.88 bits per heavy atom. The molecule has 0 radical (unpaired) electrons. The molecule has 0 unspecified atom stereocenters. The molecule has 0 amide bonds. The summed E-state index contributed by atoms with van der Waals surface area (Å²) in [6.07, 6.45) is 1.88. The molecule has 0 saturated heterocycles. The lowest BCUT2D eigenvalue weighted by molar-refractivity contribution is 0.948. The van der Waals surface area contributed by atoms with Gasteiger partial charge in [0.25, 0.3) is 0 Å². The van der Waals surface area contributed by atoms with E-state index in [2.05, 4.69) is 28.2 Å². The first-order valence-corrected chi connectivity index (χ1v) is 6.52. The summed E-state index contributed by atoms with van der Waals surface area (Å²) in [7, 11) is 0. The van der Waals surface area contributed by atoms with Crippen molar-refractivity contribution < 1.29 is 0 Å². The van der Waals surface area contributed by atoms with Gasteiger partial charge in [0.05, 0.1) is 5.69 Å². The Kier molecular flexibility index (Phi) is 5.50. The predicted octanol–water partition coefficient (Wildman–Crippen LogP) is 2.30. The number of nitrogens with one attached hydrogen (secondary N) is 1. The van der Waals surface area contributed by atoms with E-state index in [0.29, 0.717) is 11.4 Å². The minimum Gasteiger partial charge on any atom is -0.367 e. The first kappa shape index (κ1) is 13.5. The maximum absolute atomic E-state index is 9.09. The van der Waals surface area contributed by atoms with Crippen molar-refractivity contribution in [3.8, 4) is 6.07 Å². The van der Waals surface area contributed by atoms with Crippen molar-refractivity contribution in [3.05, 3.63) is 29.5 Å². The van der Waals surface area contributed by atoms with Crippen LogP contribution in [0.25, 0.3) is 0 Å². The number of nitriles is 1. The summed E-state index contributed by atoms with van der Waals surface area (Å²) < 4.78 is 0. The first-order valence-electron chi connectivity index (χ1n) is 5.37. The fraction of sp³-hybridized carbons (Fsp3) is 0.417. The van der Waals surface area contributed by atoms with Gasteiger partial charge in [-0.1, -0.05) is 6.08 Å². The first-order chi connectivity index (χ1) is 8.20. The Morgan fingerprint density at radius 1 is 1.47 bits per heavy atom. The molecular weight excluding hydrogens is 232 g/mol. The lowest BCUT2D eigenvalue weighted by Crippen LogP contribution is -2.10. The summed E-state index contributed by atoms with van der Waals surface area (Å²) in [5.74, 6) is 2.46. The number of rotatable bonds is 6. The smallest absolute Gasteiger partial charge is 0.166 e. The van der Waals surface area contributed by atoms with Gasteiger partial charge in [0.15, 0.2) is 5.82 Å². The topological polar surface area (TPSA) is 61.6 Å². The molecule has 17 heavy (non-hydrogen) atoms. The summed E-state index contributed by atoms with van der Waals surface area (Å²) >= 11 is 1.78. The van der Waals surface area contributed by atoms with Gasteiger partial charge in [0.1, 0.15) is 11.6 Å². The van der Waals surface area contributed by atoms with Gasteiger partial charge in [-0.25, -0.2) is 0 Å². The van der Waals surface area contributed by atoms with Gasteiger partial charge >= 0.3 is 0 Å². The second-order valence-electron chi connectivity index (χ2n) is 3.54. The number of hydrogen-bond donors (Lipinski definition) is 1. The second kappa shape index (κ2) is 6.92. The van der Waals surface area contributed by atoms with Crippen LogP contribution in [0.5, 0.6) is 0 Å². The van der Waals surface area contributed by atoms with Crippen LogP contribution in [0, 0.1) is 25.2 Å². The van der Waals surface area contributed by atoms with Crippen LogP contribution in [-0.2, 0) is 0 Å². The number of nitrogens with zero attached hydrogens (tertiary/aromatic N) is 3. The van der Waals surface area contributed by atoms with Crippen LogP contribution in [0.15, 0.2) is 12.7 Å². The zero-order valence-corrected chi connectivity index (χ0v) is 11.0. The van der Waals surface area contributed by atoms with Crippen LogP contribution in [0.1, 0.15) is 16.8 Å². The van der Waals surface area contributed by atoms with Gasteiger partial charge in [-0.2, -0.15) is 22.1 Å². The predicted molar refractivity (Wildman–Crippen MR) is 72.2 cm³/mol. The van der Waals surface area contributed by atoms with E-state index in [4.69, 9.17) is 5.26 Å². The van der Waals surface area contributed by atoms with Crippen molar-refractivity contribution >= 4 is 17.6 Å². The molecule has 1 aromatic heterocycles. The van der Waals surface area contributed by atoms with Crippen LogP contribution in [0.3, 0.4) is 0 Å². The zero-order valence-electron chi connectivity index (χ0n) is 10.2. The Hall–Kier alpha value is -1.54. The van der Waals surface area contributed by atoms with Crippen molar-refractivity contribution in [2.45, 2.75) is 13.8 Å². The highest BCUT2D eigenvalue weighted by Crippen LogP contribution is 2.16. The minimum atomic E-state index is 0.579.